The van der Waals surface area contributed by atoms with Crippen LogP contribution < -0.4 is 10.8 Å². The Kier molecular flexibility index (Phi) is 7.80. The van der Waals surface area contributed by atoms with E-state index in [9.17, 15) is 9.59 Å². The fourth-order valence-electron chi connectivity index (χ4n) is 3.32. The van der Waals surface area contributed by atoms with Crippen LogP contribution in [0.3, 0.4) is 0 Å². The van der Waals surface area contributed by atoms with Gasteiger partial charge in [0.15, 0.2) is 0 Å². The van der Waals surface area contributed by atoms with Crippen molar-refractivity contribution in [2.45, 2.75) is 77.7 Å². The van der Waals surface area contributed by atoms with Gasteiger partial charge in [0.25, 0.3) is 5.91 Å². The molecule has 0 spiro atoms. The Hall–Kier alpha value is -1.58. The van der Waals surface area contributed by atoms with Gasteiger partial charge in [-0.2, -0.15) is 0 Å². The zero-order chi connectivity index (χ0) is 25.5. The van der Waals surface area contributed by atoms with Crippen LogP contribution in [-0.2, 0) is 25.3 Å². The lowest BCUT2D eigenvalue weighted by atomic mass is 9.81. The van der Waals surface area contributed by atoms with Crippen molar-refractivity contribution >= 4 is 59.0 Å². The second kappa shape index (κ2) is 9.82. The molecule has 0 aliphatic carbocycles. The van der Waals surface area contributed by atoms with Gasteiger partial charge in [0.1, 0.15) is 11.6 Å². The third-order valence-corrected chi connectivity index (χ3v) is 7.40. The Bertz CT molecular complexity index is 1040. The summed E-state index contributed by atoms with van der Waals surface area (Å²) in [5.74, 6) is -1.09. The molecule has 1 aromatic carbocycles. The first-order valence-corrected chi connectivity index (χ1v) is 12.6. The summed E-state index contributed by atoms with van der Waals surface area (Å²) >= 11 is 13.8. The number of hydrogen-bond acceptors (Lipinski definition) is 6. The highest BCUT2D eigenvalue weighted by atomic mass is 35.5. The lowest BCUT2D eigenvalue weighted by Gasteiger charge is -2.32. The van der Waals surface area contributed by atoms with Crippen LogP contribution in [0.25, 0.3) is 0 Å². The fourth-order valence-corrected chi connectivity index (χ4v) is 4.82. The molecule has 1 aromatic heterocycles. The predicted molar refractivity (Wildman–Crippen MR) is 137 cm³/mol. The van der Waals surface area contributed by atoms with Crippen LogP contribution >= 0.6 is 34.5 Å². The molecule has 10 heteroatoms. The molecule has 1 fully saturated rings. The number of carbonyl (C=O) groups is 2. The maximum Gasteiger partial charge on any atom is 0.495 e. The zero-order valence-corrected chi connectivity index (χ0v) is 22.8. The van der Waals surface area contributed by atoms with Crippen molar-refractivity contribution < 1.29 is 23.6 Å². The number of rotatable bonds is 6. The topological polar surface area (TPSA) is 73.9 Å². The van der Waals surface area contributed by atoms with Gasteiger partial charge in [-0.1, -0.05) is 29.3 Å². The van der Waals surface area contributed by atoms with Crippen molar-refractivity contribution in [1.29, 1.82) is 0 Å². The van der Waals surface area contributed by atoms with Crippen molar-refractivity contribution in [2.75, 3.05) is 0 Å². The van der Waals surface area contributed by atoms with Gasteiger partial charge in [-0.25, -0.2) is 4.79 Å². The SMILES string of the molecule is CC(C)(C)OC(=O)C(Cc1cc(B2OC(C)(C)C(C)(C)O2)cs1)NC(=O)c1c(Cl)cccc1Cl. The van der Waals surface area contributed by atoms with Crippen LogP contribution in [0.5, 0.6) is 0 Å². The normalized spacial score (nSPS) is 18.0. The highest BCUT2D eigenvalue weighted by Gasteiger charge is 2.52. The largest absolute Gasteiger partial charge is 0.495 e. The second-order valence-corrected chi connectivity index (χ2v) is 12.1. The number of ether oxygens (including phenoxy) is 1. The molecule has 1 N–H and O–H groups in total. The number of nitrogens with one attached hydrogen (secondary N) is 1. The van der Waals surface area contributed by atoms with Gasteiger partial charge in [-0.3, -0.25) is 4.79 Å². The van der Waals surface area contributed by atoms with E-state index in [-0.39, 0.29) is 22.0 Å². The number of amides is 1. The first-order valence-electron chi connectivity index (χ1n) is 11.0. The quantitative estimate of drug-likeness (QED) is 0.422. The predicted octanol–water partition coefficient (Wildman–Crippen LogP) is 5.04. The maximum absolute atomic E-state index is 13.0. The molecule has 2 heterocycles. The first kappa shape index (κ1) is 27.0. The molecule has 0 saturated carbocycles. The zero-order valence-electron chi connectivity index (χ0n) is 20.5. The molecule has 1 aliphatic heterocycles. The molecular formula is C24H30BCl2NO5S. The third kappa shape index (κ3) is 6.15. The second-order valence-electron chi connectivity index (χ2n) is 10.3. The Balaban J connectivity index is 1.81. The van der Waals surface area contributed by atoms with Crippen LogP contribution in [0, 0.1) is 0 Å². The Morgan fingerprint density at radius 2 is 1.68 bits per heavy atom. The van der Waals surface area contributed by atoms with Gasteiger partial charge in [0, 0.05) is 11.3 Å². The van der Waals surface area contributed by atoms with Crippen molar-refractivity contribution in [2.24, 2.45) is 0 Å². The molecule has 3 rings (SSSR count). The molecule has 6 nitrogen and oxygen atoms in total. The molecule has 1 amide bonds. The van der Waals surface area contributed by atoms with Gasteiger partial charge in [-0.15, -0.1) is 11.3 Å². The van der Waals surface area contributed by atoms with Gasteiger partial charge < -0.3 is 19.4 Å². The van der Waals surface area contributed by atoms with E-state index in [1.165, 1.54) is 11.3 Å². The minimum absolute atomic E-state index is 0.114. The van der Waals surface area contributed by atoms with Crippen LogP contribution in [0.15, 0.2) is 29.6 Å². The summed E-state index contributed by atoms with van der Waals surface area (Å²) in [4.78, 5) is 26.8. The summed E-state index contributed by atoms with van der Waals surface area (Å²) in [5.41, 5.74) is -0.654. The van der Waals surface area contributed by atoms with Crippen molar-refractivity contribution in [3.63, 3.8) is 0 Å². The molecule has 1 atom stereocenters. The molecule has 2 aromatic rings. The number of hydrogen-bond donors (Lipinski definition) is 1. The number of carbonyl (C=O) groups excluding carboxylic acids is 2. The first-order chi connectivity index (χ1) is 15.6. The summed E-state index contributed by atoms with van der Waals surface area (Å²) in [6.07, 6.45) is 0.229. The molecule has 1 saturated heterocycles. The van der Waals surface area contributed by atoms with E-state index in [0.717, 1.165) is 10.3 Å². The molecule has 184 valence electrons. The minimum Gasteiger partial charge on any atom is -0.458 e. The minimum atomic E-state index is -0.941. The van der Waals surface area contributed by atoms with Crippen LogP contribution in [-0.4, -0.2) is 41.8 Å². The van der Waals surface area contributed by atoms with Crippen molar-refractivity contribution in [3.05, 3.63) is 50.1 Å². The van der Waals surface area contributed by atoms with Gasteiger partial charge in [0.2, 0.25) is 0 Å². The summed E-state index contributed by atoms with van der Waals surface area (Å²) in [6.45, 7) is 13.3. The third-order valence-electron chi connectivity index (χ3n) is 5.79. The number of esters is 1. The summed E-state index contributed by atoms with van der Waals surface area (Å²) in [7, 11) is -0.508. The van der Waals surface area contributed by atoms with E-state index in [4.69, 9.17) is 37.2 Å². The van der Waals surface area contributed by atoms with E-state index >= 15 is 0 Å². The standard InChI is InChI=1S/C24H30BCl2NO5S/c1-22(2,3)31-21(30)18(28-20(29)19-16(26)9-8-10-17(19)27)12-15-11-14(13-34-15)25-32-23(4,5)24(6,7)33-25/h8-11,13,18H,12H2,1-7H3,(H,28,29). The summed E-state index contributed by atoms with van der Waals surface area (Å²) in [5, 5.41) is 5.10. The molecule has 1 unspecified atom stereocenters. The average molecular weight is 526 g/mol. The van der Waals surface area contributed by atoms with E-state index in [1.54, 1.807) is 39.0 Å². The van der Waals surface area contributed by atoms with Gasteiger partial charge in [-0.05, 0) is 77.5 Å². The van der Waals surface area contributed by atoms with Crippen molar-refractivity contribution in [3.8, 4) is 0 Å². The number of halogens is 2. The Morgan fingerprint density at radius 3 is 2.21 bits per heavy atom. The number of thiophene rings is 1. The molecule has 1 aliphatic rings. The molecule has 0 bridgehead atoms. The van der Waals surface area contributed by atoms with Crippen molar-refractivity contribution in [1.82, 2.24) is 5.32 Å². The molecular weight excluding hydrogens is 496 g/mol. The maximum atomic E-state index is 13.0. The Labute approximate surface area is 215 Å². The summed E-state index contributed by atoms with van der Waals surface area (Å²) < 4.78 is 17.8. The lowest BCUT2D eigenvalue weighted by Crippen LogP contribution is -2.45. The Morgan fingerprint density at radius 1 is 1.12 bits per heavy atom. The van der Waals surface area contributed by atoms with E-state index in [2.05, 4.69) is 5.32 Å². The van der Waals surface area contributed by atoms with Crippen LogP contribution in [0.2, 0.25) is 10.0 Å². The van der Waals surface area contributed by atoms with E-state index in [1.807, 2.05) is 39.1 Å². The van der Waals surface area contributed by atoms with Gasteiger partial charge in [0.05, 0.1) is 26.8 Å². The fraction of sp³-hybridized carbons (Fsp3) is 0.500. The van der Waals surface area contributed by atoms with Gasteiger partial charge >= 0.3 is 13.1 Å². The summed E-state index contributed by atoms with van der Waals surface area (Å²) in [6, 6.07) is 5.78. The monoisotopic (exact) mass is 525 g/mol. The highest BCUT2D eigenvalue weighted by molar-refractivity contribution is 7.11. The molecule has 0 radical (unpaired) electrons. The average Bonchev–Trinajstić information content (AvgIpc) is 3.21. The smallest absolute Gasteiger partial charge is 0.458 e. The molecule has 34 heavy (non-hydrogen) atoms. The number of benzene rings is 1. The van der Waals surface area contributed by atoms with Crippen LogP contribution in [0.1, 0.15) is 63.7 Å². The lowest BCUT2D eigenvalue weighted by molar-refractivity contribution is -0.157. The van der Waals surface area contributed by atoms with Crippen LogP contribution in [0.4, 0.5) is 0 Å². The highest BCUT2D eigenvalue weighted by Crippen LogP contribution is 2.36. The van der Waals surface area contributed by atoms with E-state index < -0.39 is 41.8 Å². The van der Waals surface area contributed by atoms with E-state index in [0.29, 0.717) is 0 Å².